The average Bonchev–Trinajstić information content (AvgIpc) is 2.47. The molecule has 0 N–H and O–H groups in total. The minimum atomic E-state index is -0.0848. The standard InChI is InChI=1S/C16H20O3/c1-18-12-8-6-11(7-9-12)16-10-14(17)13-4-2-3-5-15(13)19-16/h6-8,12,16H,2-5,9-10H2,1H3. The molecule has 0 aromatic heterocycles. The first-order valence-electron chi connectivity index (χ1n) is 7.11. The summed E-state index contributed by atoms with van der Waals surface area (Å²) in [5, 5.41) is 0. The predicted octanol–water partition coefficient (Wildman–Crippen LogP) is 3.07. The van der Waals surface area contributed by atoms with Crippen LogP contribution in [0.1, 0.15) is 38.5 Å². The van der Waals surface area contributed by atoms with Gasteiger partial charge in [0.2, 0.25) is 0 Å². The number of hydrogen-bond donors (Lipinski definition) is 0. The van der Waals surface area contributed by atoms with Crippen LogP contribution in [0.4, 0.5) is 0 Å². The molecule has 3 heteroatoms. The number of ketones is 1. The van der Waals surface area contributed by atoms with Gasteiger partial charge in [-0.15, -0.1) is 0 Å². The Morgan fingerprint density at radius 2 is 2.16 bits per heavy atom. The fourth-order valence-electron chi connectivity index (χ4n) is 3.02. The van der Waals surface area contributed by atoms with Crippen molar-refractivity contribution in [2.75, 3.05) is 7.11 Å². The molecule has 1 heterocycles. The molecule has 2 unspecified atom stereocenters. The first-order valence-corrected chi connectivity index (χ1v) is 7.11. The molecule has 0 spiro atoms. The van der Waals surface area contributed by atoms with Crippen molar-refractivity contribution >= 4 is 5.78 Å². The van der Waals surface area contributed by atoms with Crippen molar-refractivity contribution in [3.63, 3.8) is 0 Å². The van der Waals surface area contributed by atoms with Gasteiger partial charge in [0, 0.05) is 19.1 Å². The first kappa shape index (κ1) is 12.7. The van der Waals surface area contributed by atoms with Crippen molar-refractivity contribution in [1.82, 2.24) is 0 Å². The van der Waals surface area contributed by atoms with E-state index in [0.29, 0.717) is 6.42 Å². The van der Waals surface area contributed by atoms with Gasteiger partial charge >= 0.3 is 0 Å². The molecule has 1 aliphatic heterocycles. The third kappa shape index (κ3) is 2.52. The van der Waals surface area contributed by atoms with E-state index in [-0.39, 0.29) is 18.0 Å². The predicted molar refractivity (Wildman–Crippen MR) is 72.6 cm³/mol. The van der Waals surface area contributed by atoms with Gasteiger partial charge in [-0.05, 0) is 31.3 Å². The fraction of sp³-hybridized carbons (Fsp3) is 0.562. The lowest BCUT2D eigenvalue weighted by molar-refractivity contribution is -0.119. The second-order valence-electron chi connectivity index (χ2n) is 5.42. The molecule has 2 aliphatic carbocycles. The molecule has 3 aliphatic rings. The third-order valence-electron chi connectivity index (χ3n) is 4.17. The monoisotopic (exact) mass is 260 g/mol. The van der Waals surface area contributed by atoms with Crippen molar-refractivity contribution in [2.45, 2.75) is 50.7 Å². The molecule has 0 aromatic carbocycles. The van der Waals surface area contributed by atoms with Crippen LogP contribution >= 0.6 is 0 Å². The molecule has 2 atom stereocenters. The second-order valence-corrected chi connectivity index (χ2v) is 5.42. The Balaban J connectivity index is 1.75. The zero-order valence-corrected chi connectivity index (χ0v) is 11.4. The number of carbonyl (C=O) groups excluding carboxylic acids is 1. The third-order valence-corrected chi connectivity index (χ3v) is 4.17. The highest BCUT2D eigenvalue weighted by molar-refractivity contribution is 5.97. The van der Waals surface area contributed by atoms with Gasteiger partial charge in [-0.2, -0.15) is 0 Å². The zero-order valence-electron chi connectivity index (χ0n) is 11.4. The van der Waals surface area contributed by atoms with Crippen molar-refractivity contribution in [3.8, 4) is 0 Å². The van der Waals surface area contributed by atoms with Gasteiger partial charge < -0.3 is 9.47 Å². The molecule has 0 saturated heterocycles. The quantitative estimate of drug-likeness (QED) is 0.765. The van der Waals surface area contributed by atoms with E-state index in [1.807, 2.05) is 12.2 Å². The normalized spacial score (nSPS) is 30.8. The van der Waals surface area contributed by atoms with Crippen LogP contribution in [0.15, 0.2) is 35.1 Å². The summed E-state index contributed by atoms with van der Waals surface area (Å²) in [5.41, 5.74) is 2.08. The summed E-state index contributed by atoms with van der Waals surface area (Å²) in [7, 11) is 1.72. The van der Waals surface area contributed by atoms with Gasteiger partial charge in [-0.25, -0.2) is 0 Å². The molecular weight excluding hydrogens is 240 g/mol. The number of rotatable bonds is 2. The summed E-state index contributed by atoms with van der Waals surface area (Å²) in [6.45, 7) is 0. The van der Waals surface area contributed by atoms with Crippen LogP contribution < -0.4 is 0 Å². The number of Topliss-reactive ketones (excluding diaryl/α,β-unsaturated/α-hetero) is 1. The van der Waals surface area contributed by atoms with Crippen molar-refractivity contribution in [3.05, 3.63) is 35.1 Å². The lowest BCUT2D eigenvalue weighted by Crippen LogP contribution is -2.29. The average molecular weight is 260 g/mol. The largest absolute Gasteiger partial charge is 0.489 e. The molecule has 102 valence electrons. The summed E-state index contributed by atoms with van der Waals surface area (Å²) >= 11 is 0. The molecule has 0 aromatic rings. The molecule has 3 nitrogen and oxygen atoms in total. The van der Waals surface area contributed by atoms with Crippen LogP contribution in [0.3, 0.4) is 0 Å². The maximum Gasteiger partial charge on any atom is 0.166 e. The van der Waals surface area contributed by atoms with Gasteiger partial charge in [-0.3, -0.25) is 4.79 Å². The molecular formula is C16H20O3. The molecule has 0 saturated carbocycles. The van der Waals surface area contributed by atoms with Gasteiger partial charge in [-0.1, -0.05) is 18.2 Å². The molecule has 0 fully saturated rings. The summed E-state index contributed by atoms with van der Waals surface area (Å²) in [6, 6.07) is 0. The van der Waals surface area contributed by atoms with Crippen LogP contribution in [-0.2, 0) is 14.3 Å². The Kier molecular flexibility index (Phi) is 3.56. The van der Waals surface area contributed by atoms with Crippen LogP contribution in [0.2, 0.25) is 0 Å². The highest BCUT2D eigenvalue weighted by atomic mass is 16.5. The lowest BCUT2D eigenvalue weighted by atomic mass is 9.87. The Bertz CT molecular complexity index is 470. The van der Waals surface area contributed by atoms with E-state index < -0.39 is 0 Å². The lowest BCUT2D eigenvalue weighted by Gasteiger charge is -2.32. The fourth-order valence-corrected chi connectivity index (χ4v) is 3.02. The van der Waals surface area contributed by atoms with E-state index >= 15 is 0 Å². The van der Waals surface area contributed by atoms with Gasteiger partial charge in [0.25, 0.3) is 0 Å². The summed E-state index contributed by atoms with van der Waals surface area (Å²) < 4.78 is 11.4. The minimum absolute atomic E-state index is 0.0848. The van der Waals surface area contributed by atoms with Crippen molar-refractivity contribution in [2.24, 2.45) is 0 Å². The van der Waals surface area contributed by atoms with E-state index in [1.165, 1.54) is 0 Å². The first-order chi connectivity index (χ1) is 9.28. The van der Waals surface area contributed by atoms with E-state index in [1.54, 1.807) is 7.11 Å². The van der Waals surface area contributed by atoms with Gasteiger partial charge in [0.1, 0.15) is 11.9 Å². The summed E-state index contributed by atoms with van der Waals surface area (Å²) in [6.07, 6.45) is 11.8. The highest BCUT2D eigenvalue weighted by Crippen LogP contribution is 2.35. The maximum atomic E-state index is 12.2. The summed E-state index contributed by atoms with van der Waals surface area (Å²) in [5.74, 6) is 1.24. The van der Waals surface area contributed by atoms with Gasteiger partial charge in [0.05, 0.1) is 12.5 Å². The van der Waals surface area contributed by atoms with E-state index in [0.717, 1.165) is 49.0 Å². The number of ether oxygens (including phenoxy) is 2. The Labute approximate surface area is 114 Å². The number of methoxy groups -OCH3 is 1. The van der Waals surface area contributed by atoms with Crippen LogP contribution in [0.5, 0.6) is 0 Å². The molecule has 0 amide bonds. The van der Waals surface area contributed by atoms with Crippen molar-refractivity contribution < 1.29 is 14.3 Å². The Morgan fingerprint density at radius 3 is 2.89 bits per heavy atom. The van der Waals surface area contributed by atoms with Gasteiger partial charge in [0.15, 0.2) is 5.78 Å². The van der Waals surface area contributed by atoms with E-state index in [4.69, 9.17) is 9.47 Å². The zero-order chi connectivity index (χ0) is 13.2. The molecule has 0 radical (unpaired) electrons. The van der Waals surface area contributed by atoms with Crippen LogP contribution in [0, 0.1) is 0 Å². The van der Waals surface area contributed by atoms with Crippen LogP contribution in [-0.4, -0.2) is 25.1 Å². The minimum Gasteiger partial charge on any atom is -0.489 e. The topological polar surface area (TPSA) is 35.5 Å². The highest BCUT2D eigenvalue weighted by Gasteiger charge is 2.32. The van der Waals surface area contributed by atoms with E-state index in [9.17, 15) is 4.79 Å². The van der Waals surface area contributed by atoms with Crippen molar-refractivity contribution in [1.29, 1.82) is 0 Å². The SMILES string of the molecule is COC1C=CC(C2CC(=O)C3=C(CCCC3)O2)=CC1. The maximum absolute atomic E-state index is 12.2. The molecule has 19 heavy (non-hydrogen) atoms. The number of allylic oxidation sites excluding steroid dienone is 2. The number of carbonyl (C=O) groups is 1. The molecule has 0 bridgehead atoms. The smallest absolute Gasteiger partial charge is 0.166 e. The second kappa shape index (κ2) is 5.33. The molecule has 3 rings (SSSR count). The number of hydrogen-bond acceptors (Lipinski definition) is 3. The Morgan fingerprint density at radius 1 is 1.32 bits per heavy atom. The van der Waals surface area contributed by atoms with E-state index in [2.05, 4.69) is 6.08 Å². The van der Waals surface area contributed by atoms with Crippen LogP contribution in [0.25, 0.3) is 0 Å². The Hall–Kier alpha value is -1.35. The summed E-state index contributed by atoms with van der Waals surface area (Å²) in [4.78, 5) is 12.2.